The molecule has 1 heterocycles. The Morgan fingerprint density at radius 1 is 1.50 bits per heavy atom. The minimum Gasteiger partial charge on any atom is -0.341 e. The molecule has 1 N–H and O–H groups in total. The second-order valence-corrected chi connectivity index (χ2v) is 5.23. The van der Waals surface area contributed by atoms with Crippen LogP contribution in [0, 0.1) is 17.8 Å². The van der Waals surface area contributed by atoms with Crippen LogP contribution in [-0.2, 0) is 11.3 Å². The van der Waals surface area contributed by atoms with E-state index in [-0.39, 0.29) is 0 Å². The maximum atomic E-state index is 12.1. The van der Waals surface area contributed by atoms with Crippen molar-refractivity contribution >= 4 is 5.91 Å². The Morgan fingerprint density at radius 3 is 2.88 bits per heavy atom. The Labute approximate surface area is 95.0 Å². The third-order valence-corrected chi connectivity index (χ3v) is 3.94. The first-order valence-corrected chi connectivity index (χ1v) is 5.96. The number of rotatable bonds is 3. The Balaban J connectivity index is 1.57. The number of hydrogen-bond acceptors (Lipinski definition) is 2. The lowest BCUT2D eigenvalue weighted by Gasteiger charge is -2.21. The summed E-state index contributed by atoms with van der Waals surface area (Å²) in [4.78, 5) is 14.0. The molecule has 1 aromatic rings. The van der Waals surface area contributed by atoms with Crippen molar-refractivity contribution in [1.29, 1.82) is 0 Å². The lowest BCUT2D eigenvalue weighted by atomic mass is 10.0. The van der Waals surface area contributed by atoms with E-state index < -0.39 is 0 Å². The van der Waals surface area contributed by atoms with Gasteiger partial charge in [-0.1, -0.05) is 0 Å². The van der Waals surface area contributed by atoms with Gasteiger partial charge in [-0.15, -0.1) is 0 Å². The van der Waals surface area contributed by atoms with Gasteiger partial charge in [-0.2, -0.15) is 5.10 Å². The lowest BCUT2D eigenvalue weighted by Crippen LogP contribution is -2.31. The molecule has 2 atom stereocenters. The Hall–Kier alpha value is -1.32. The minimum absolute atomic E-state index is 0.292. The molecular weight excluding hydrogens is 202 g/mol. The average Bonchev–Trinajstić information content (AvgIpc) is 2.72. The van der Waals surface area contributed by atoms with Crippen LogP contribution in [0.3, 0.4) is 0 Å². The molecule has 1 aromatic heterocycles. The number of hydrogen-bond donors (Lipinski definition) is 1. The van der Waals surface area contributed by atoms with E-state index in [4.69, 9.17) is 0 Å². The fourth-order valence-electron chi connectivity index (χ4n) is 2.94. The first-order chi connectivity index (χ1) is 7.74. The summed E-state index contributed by atoms with van der Waals surface area (Å²) in [6, 6.07) is 0. The molecule has 2 fully saturated rings. The zero-order valence-corrected chi connectivity index (χ0v) is 9.52. The van der Waals surface area contributed by atoms with E-state index in [0.29, 0.717) is 18.4 Å². The number of nitrogens with zero attached hydrogens (tertiary/aromatic N) is 2. The van der Waals surface area contributed by atoms with Crippen LogP contribution in [0.1, 0.15) is 24.8 Å². The second kappa shape index (κ2) is 3.61. The van der Waals surface area contributed by atoms with E-state index in [2.05, 4.69) is 10.2 Å². The van der Waals surface area contributed by atoms with Crippen molar-refractivity contribution in [1.82, 2.24) is 15.1 Å². The molecule has 3 rings (SSSR count). The zero-order chi connectivity index (χ0) is 11.1. The summed E-state index contributed by atoms with van der Waals surface area (Å²) in [5, 5.41) is 6.66. The van der Waals surface area contributed by atoms with Gasteiger partial charge in [0.05, 0.1) is 6.20 Å². The Kier molecular flexibility index (Phi) is 2.23. The summed E-state index contributed by atoms with van der Waals surface area (Å²) in [5.41, 5.74) is 1.07. The molecule has 2 saturated carbocycles. The fourth-order valence-corrected chi connectivity index (χ4v) is 2.94. The van der Waals surface area contributed by atoms with Gasteiger partial charge >= 0.3 is 0 Å². The van der Waals surface area contributed by atoms with Gasteiger partial charge < -0.3 is 4.90 Å². The van der Waals surface area contributed by atoms with E-state index in [1.54, 1.807) is 6.20 Å². The zero-order valence-electron chi connectivity index (χ0n) is 9.52. The number of nitrogens with one attached hydrogen (secondary N) is 1. The number of fused-ring (bicyclic) bond motifs is 1. The number of H-pyrrole nitrogens is 1. The van der Waals surface area contributed by atoms with Crippen molar-refractivity contribution in [2.24, 2.45) is 17.8 Å². The molecule has 0 aromatic carbocycles. The molecule has 1 amide bonds. The van der Waals surface area contributed by atoms with Gasteiger partial charge in [0.25, 0.3) is 0 Å². The molecule has 0 saturated heterocycles. The van der Waals surface area contributed by atoms with E-state index in [1.807, 2.05) is 18.1 Å². The van der Waals surface area contributed by atoms with Crippen molar-refractivity contribution in [2.75, 3.05) is 7.05 Å². The Morgan fingerprint density at radius 2 is 2.25 bits per heavy atom. The monoisotopic (exact) mass is 219 g/mol. The van der Waals surface area contributed by atoms with Crippen LogP contribution in [0.5, 0.6) is 0 Å². The molecule has 2 unspecified atom stereocenters. The van der Waals surface area contributed by atoms with Crippen molar-refractivity contribution in [2.45, 2.75) is 25.8 Å². The maximum absolute atomic E-state index is 12.1. The van der Waals surface area contributed by atoms with E-state index >= 15 is 0 Å². The SMILES string of the molecule is CN(Cc1cn[nH]c1)C(=O)C1CC2CC2C1. The van der Waals surface area contributed by atoms with Gasteiger partial charge in [0.1, 0.15) is 0 Å². The average molecular weight is 219 g/mol. The summed E-state index contributed by atoms with van der Waals surface area (Å²) in [7, 11) is 1.89. The highest BCUT2D eigenvalue weighted by Crippen LogP contribution is 2.54. The first kappa shape index (κ1) is 9.87. The molecule has 0 bridgehead atoms. The van der Waals surface area contributed by atoms with Crippen molar-refractivity contribution in [3.05, 3.63) is 18.0 Å². The topological polar surface area (TPSA) is 49.0 Å². The van der Waals surface area contributed by atoms with Crippen molar-refractivity contribution < 1.29 is 4.79 Å². The highest BCUT2D eigenvalue weighted by atomic mass is 16.2. The standard InChI is InChI=1S/C12H17N3O/c1-15(7-8-5-13-14-6-8)12(16)11-3-9-2-10(9)4-11/h5-6,9-11H,2-4,7H2,1H3,(H,13,14). The number of aromatic amines is 1. The summed E-state index contributed by atoms with van der Waals surface area (Å²) >= 11 is 0. The molecule has 4 nitrogen and oxygen atoms in total. The fraction of sp³-hybridized carbons (Fsp3) is 0.667. The predicted molar refractivity (Wildman–Crippen MR) is 59.4 cm³/mol. The summed E-state index contributed by atoms with van der Waals surface area (Å²) in [5.74, 6) is 2.35. The third kappa shape index (κ3) is 1.72. The quantitative estimate of drug-likeness (QED) is 0.835. The summed E-state index contributed by atoms with van der Waals surface area (Å²) < 4.78 is 0. The molecular formula is C12H17N3O. The van der Waals surface area contributed by atoms with Gasteiger partial charge in [-0.05, 0) is 31.1 Å². The van der Waals surface area contributed by atoms with E-state index in [0.717, 1.165) is 30.2 Å². The van der Waals surface area contributed by atoms with E-state index in [1.165, 1.54) is 6.42 Å². The van der Waals surface area contributed by atoms with Crippen LogP contribution < -0.4 is 0 Å². The summed E-state index contributed by atoms with van der Waals surface area (Å²) in [6.07, 6.45) is 7.24. The largest absolute Gasteiger partial charge is 0.341 e. The van der Waals surface area contributed by atoms with Gasteiger partial charge in [0, 0.05) is 31.3 Å². The van der Waals surface area contributed by atoms with Crippen LogP contribution in [0.25, 0.3) is 0 Å². The van der Waals surface area contributed by atoms with Gasteiger partial charge in [-0.25, -0.2) is 0 Å². The van der Waals surface area contributed by atoms with Gasteiger partial charge in [-0.3, -0.25) is 9.89 Å². The molecule has 16 heavy (non-hydrogen) atoms. The molecule has 2 aliphatic carbocycles. The molecule has 4 heteroatoms. The number of aromatic nitrogens is 2. The minimum atomic E-state index is 0.292. The normalized spacial score (nSPS) is 31.2. The maximum Gasteiger partial charge on any atom is 0.225 e. The second-order valence-electron chi connectivity index (χ2n) is 5.23. The van der Waals surface area contributed by atoms with Gasteiger partial charge in [0.15, 0.2) is 0 Å². The highest BCUT2D eigenvalue weighted by Gasteiger charge is 2.48. The number of amides is 1. The third-order valence-electron chi connectivity index (χ3n) is 3.94. The van der Waals surface area contributed by atoms with Crippen LogP contribution in [0.2, 0.25) is 0 Å². The smallest absolute Gasteiger partial charge is 0.225 e. The lowest BCUT2D eigenvalue weighted by molar-refractivity contribution is -0.134. The number of carbonyl (C=O) groups is 1. The van der Waals surface area contributed by atoms with Crippen LogP contribution in [0.15, 0.2) is 12.4 Å². The highest BCUT2D eigenvalue weighted by molar-refractivity contribution is 5.79. The number of carbonyl (C=O) groups excluding carboxylic acids is 1. The molecule has 0 aliphatic heterocycles. The first-order valence-electron chi connectivity index (χ1n) is 5.96. The van der Waals surface area contributed by atoms with Crippen LogP contribution in [0.4, 0.5) is 0 Å². The molecule has 86 valence electrons. The Bertz CT molecular complexity index is 377. The molecule has 0 spiro atoms. The van der Waals surface area contributed by atoms with Crippen molar-refractivity contribution in [3.8, 4) is 0 Å². The van der Waals surface area contributed by atoms with Crippen LogP contribution >= 0.6 is 0 Å². The summed E-state index contributed by atoms with van der Waals surface area (Å²) in [6.45, 7) is 0.668. The molecule has 0 radical (unpaired) electrons. The predicted octanol–water partition coefficient (Wildman–Crippen LogP) is 1.41. The molecule has 2 aliphatic rings. The van der Waals surface area contributed by atoms with Gasteiger partial charge in [0.2, 0.25) is 5.91 Å². The van der Waals surface area contributed by atoms with E-state index in [9.17, 15) is 4.79 Å². The van der Waals surface area contributed by atoms with Crippen molar-refractivity contribution in [3.63, 3.8) is 0 Å². The van der Waals surface area contributed by atoms with Crippen LogP contribution in [-0.4, -0.2) is 28.1 Å².